The van der Waals surface area contributed by atoms with Gasteiger partial charge in [0.15, 0.2) is 5.82 Å². The molecule has 4 heterocycles. The lowest BCUT2D eigenvalue weighted by Crippen LogP contribution is -2.39. The van der Waals surface area contributed by atoms with Gasteiger partial charge in [-0.05, 0) is 24.6 Å². The molecule has 1 saturated heterocycles. The standard InChI is InChI=1S/C22H26F2N8/c1-15-19-12-25-21(27-17-11-26-30(2)14-17)28-20(19)32(29-15)13-16-4-3-5-18(10-16)31-8-6-22(23,24)7-9-31/h3-5,10-12,14-15,29H,6-9,13H2,1-2H3,(H,25,27,28). The minimum absolute atomic E-state index is 0.0879. The predicted octanol–water partition coefficient (Wildman–Crippen LogP) is 3.78. The van der Waals surface area contributed by atoms with Crippen LogP contribution in [0.4, 0.5) is 31.9 Å². The number of hydrogen-bond donors (Lipinski definition) is 2. The van der Waals surface area contributed by atoms with Gasteiger partial charge in [0.25, 0.3) is 5.92 Å². The molecule has 168 valence electrons. The van der Waals surface area contributed by atoms with Crippen molar-refractivity contribution >= 4 is 23.1 Å². The number of nitrogens with one attached hydrogen (secondary N) is 2. The Morgan fingerprint density at radius 2 is 2.03 bits per heavy atom. The highest BCUT2D eigenvalue weighted by Crippen LogP contribution is 2.34. The molecule has 2 aliphatic rings. The number of hydrazine groups is 1. The Balaban J connectivity index is 1.33. The summed E-state index contributed by atoms with van der Waals surface area (Å²) in [6.07, 6.45) is 5.22. The molecule has 1 unspecified atom stereocenters. The number of nitrogens with zero attached hydrogens (tertiary/aromatic N) is 6. The summed E-state index contributed by atoms with van der Waals surface area (Å²) < 4.78 is 28.8. The molecule has 1 atom stereocenters. The third-order valence-corrected chi connectivity index (χ3v) is 5.94. The average Bonchev–Trinajstić information content (AvgIpc) is 3.30. The topological polar surface area (TPSA) is 74.1 Å². The first kappa shape index (κ1) is 20.6. The minimum atomic E-state index is -2.55. The number of alkyl halides is 2. The molecule has 0 radical (unpaired) electrons. The van der Waals surface area contributed by atoms with Crippen LogP contribution in [0.2, 0.25) is 0 Å². The molecule has 2 aromatic heterocycles. The van der Waals surface area contributed by atoms with Crippen molar-refractivity contribution in [3.63, 3.8) is 0 Å². The normalized spacial score (nSPS) is 19.8. The van der Waals surface area contributed by atoms with Crippen molar-refractivity contribution in [2.24, 2.45) is 7.05 Å². The van der Waals surface area contributed by atoms with E-state index in [4.69, 9.17) is 4.98 Å². The molecule has 2 N–H and O–H groups in total. The van der Waals surface area contributed by atoms with E-state index in [0.29, 0.717) is 25.6 Å². The van der Waals surface area contributed by atoms with Crippen molar-refractivity contribution in [2.45, 2.75) is 38.3 Å². The Bertz CT molecular complexity index is 1100. The number of rotatable bonds is 5. The largest absolute Gasteiger partial charge is 0.371 e. The lowest BCUT2D eigenvalue weighted by Gasteiger charge is -2.33. The summed E-state index contributed by atoms with van der Waals surface area (Å²) in [6.45, 7) is 3.41. The lowest BCUT2D eigenvalue weighted by molar-refractivity contribution is -0.0220. The highest BCUT2D eigenvalue weighted by atomic mass is 19.3. The van der Waals surface area contributed by atoms with E-state index in [9.17, 15) is 8.78 Å². The zero-order valence-electron chi connectivity index (χ0n) is 18.1. The zero-order chi connectivity index (χ0) is 22.3. The van der Waals surface area contributed by atoms with Gasteiger partial charge in [-0.25, -0.2) is 19.2 Å². The molecule has 2 aliphatic heterocycles. The van der Waals surface area contributed by atoms with Gasteiger partial charge in [0, 0.05) is 56.6 Å². The molecule has 0 amide bonds. The number of halogens is 2. The van der Waals surface area contributed by atoms with Crippen molar-refractivity contribution in [3.8, 4) is 0 Å². The number of fused-ring (bicyclic) bond motifs is 1. The van der Waals surface area contributed by atoms with E-state index < -0.39 is 5.92 Å². The van der Waals surface area contributed by atoms with E-state index in [1.807, 2.05) is 47.5 Å². The molecule has 5 rings (SSSR count). The summed E-state index contributed by atoms with van der Waals surface area (Å²) in [5.41, 5.74) is 7.34. The highest BCUT2D eigenvalue weighted by Gasteiger charge is 2.34. The maximum absolute atomic E-state index is 13.5. The molecule has 10 heteroatoms. The first-order valence-corrected chi connectivity index (χ1v) is 10.7. The first-order valence-electron chi connectivity index (χ1n) is 10.7. The van der Waals surface area contributed by atoms with Crippen LogP contribution in [-0.4, -0.2) is 38.8 Å². The summed E-state index contributed by atoms with van der Waals surface area (Å²) in [4.78, 5) is 11.2. The number of aromatic nitrogens is 4. The van der Waals surface area contributed by atoms with Gasteiger partial charge in [0.1, 0.15) is 0 Å². The van der Waals surface area contributed by atoms with Crippen LogP contribution in [0.5, 0.6) is 0 Å². The van der Waals surface area contributed by atoms with Crippen molar-refractivity contribution in [3.05, 3.63) is 54.0 Å². The summed E-state index contributed by atoms with van der Waals surface area (Å²) >= 11 is 0. The van der Waals surface area contributed by atoms with Gasteiger partial charge in [-0.3, -0.25) is 9.69 Å². The fourth-order valence-corrected chi connectivity index (χ4v) is 4.19. The lowest BCUT2D eigenvalue weighted by atomic mass is 10.1. The van der Waals surface area contributed by atoms with E-state index >= 15 is 0 Å². The SMILES string of the molecule is CC1NN(Cc2cccc(N3CCC(F)(F)CC3)c2)c2nc(Nc3cnn(C)c3)ncc21. The van der Waals surface area contributed by atoms with Crippen molar-refractivity contribution in [1.82, 2.24) is 25.2 Å². The predicted molar refractivity (Wildman–Crippen MR) is 119 cm³/mol. The molecular formula is C22H26F2N8. The summed E-state index contributed by atoms with van der Waals surface area (Å²) in [5, 5.41) is 9.35. The van der Waals surface area contributed by atoms with Gasteiger partial charge in [0.2, 0.25) is 5.95 Å². The van der Waals surface area contributed by atoms with E-state index in [2.05, 4.69) is 33.8 Å². The first-order chi connectivity index (χ1) is 15.4. The van der Waals surface area contributed by atoms with Crippen molar-refractivity contribution in [1.29, 1.82) is 0 Å². The number of benzene rings is 1. The van der Waals surface area contributed by atoms with Crippen LogP contribution in [-0.2, 0) is 13.6 Å². The van der Waals surface area contributed by atoms with Crippen LogP contribution in [0.25, 0.3) is 0 Å². The fourth-order valence-electron chi connectivity index (χ4n) is 4.19. The van der Waals surface area contributed by atoms with Crippen molar-refractivity contribution < 1.29 is 8.78 Å². The minimum Gasteiger partial charge on any atom is -0.371 e. The van der Waals surface area contributed by atoms with E-state index in [-0.39, 0.29) is 18.9 Å². The Morgan fingerprint density at radius 3 is 2.78 bits per heavy atom. The molecular weight excluding hydrogens is 414 g/mol. The zero-order valence-corrected chi connectivity index (χ0v) is 18.1. The maximum atomic E-state index is 13.5. The quantitative estimate of drug-likeness (QED) is 0.626. The number of aryl methyl sites for hydroxylation is 1. The molecule has 0 aliphatic carbocycles. The molecule has 0 saturated carbocycles. The molecule has 0 spiro atoms. The van der Waals surface area contributed by atoms with Crippen molar-refractivity contribution in [2.75, 3.05) is 28.3 Å². The number of anilines is 4. The van der Waals surface area contributed by atoms with Gasteiger partial charge >= 0.3 is 0 Å². The van der Waals surface area contributed by atoms with Gasteiger partial charge in [0.05, 0.1) is 24.5 Å². The second-order valence-electron chi connectivity index (χ2n) is 8.45. The van der Waals surface area contributed by atoms with Gasteiger partial charge in [-0.15, -0.1) is 0 Å². The van der Waals surface area contributed by atoms with Gasteiger partial charge in [-0.1, -0.05) is 12.1 Å². The molecule has 8 nitrogen and oxygen atoms in total. The Kier molecular flexibility index (Phi) is 5.16. The van der Waals surface area contributed by atoms with E-state index in [1.165, 1.54) is 0 Å². The van der Waals surface area contributed by atoms with Gasteiger partial charge in [-0.2, -0.15) is 10.1 Å². The second-order valence-corrected chi connectivity index (χ2v) is 8.45. The van der Waals surface area contributed by atoms with Gasteiger partial charge < -0.3 is 10.2 Å². The van der Waals surface area contributed by atoms with Crippen LogP contribution < -0.4 is 20.7 Å². The van der Waals surface area contributed by atoms with Crippen LogP contribution in [0, 0.1) is 0 Å². The van der Waals surface area contributed by atoms with Crippen LogP contribution in [0.15, 0.2) is 42.9 Å². The van der Waals surface area contributed by atoms with E-state index in [0.717, 1.165) is 28.3 Å². The van der Waals surface area contributed by atoms with Crippen LogP contribution in [0.1, 0.15) is 36.9 Å². The highest BCUT2D eigenvalue weighted by molar-refractivity contribution is 5.58. The van der Waals surface area contributed by atoms with Crippen LogP contribution >= 0.6 is 0 Å². The van der Waals surface area contributed by atoms with Crippen LogP contribution in [0.3, 0.4) is 0 Å². The summed E-state index contributed by atoms with van der Waals surface area (Å²) in [6, 6.07) is 8.17. The Hall–Kier alpha value is -3.27. The molecule has 32 heavy (non-hydrogen) atoms. The number of piperidine rings is 1. The fraction of sp³-hybridized carbons (Fsp3) is 0.409. The van der Waals surface area contributed by atoms with E-state index in [1.54, 1.807) is 10.9 Å². The smallest absolute Gasteiger partial charge is 0.251 e. The maximum Gasteiger partial charge on any atom is 0.251 e. The monoisotopic (exact) mass is 440 g/mol. The third kappa shape index (κ3) is 4.22. The summed E-state index contributed by atoms with van der Waals surface area (Å²) in [5.74, 6) is -1.23. The average molecular weight is 441 g/mol. The summed E-state index contributed by atoms with van der Waals surface area (Å²) in [7, 11) is 1.85. The second kappa shape index (κ2) is 8.01. The third-order valence-electron chi connectivity index (χ3n) is 5.94. The molecule has 0 bridgehead atoms. The Morgan fingerprint density at radius 1 is 1.22 bits per heavy atom. The Labute approximate surface area is 185 Å². The molecule has 1 fully saturated rings. The molecule has 3 aromatic rings. The number of hydrogen-bond acceptors (Lipinski definition) is 7. The molecule has 1 aromatic carbocycles.